The molecule has 0 bridgehead atoms. The lowest BCUT2D eigenvalue weighted by Gasteiger charge is -2.37. The highest BCUT2D eigenvalue weighted by Gasteiger charge is 2.35. The van der Waals surface area contributed by atoms with Crippen molar-refractivity contribution in [3.05, 3.63) is 29.3 Å². The zero-order valence-corrected chi connectivity index (χ0v) is 16.1. The van der Waals surface area contributed by atoms with Gasteiger partial charge in [-0.25, -0.2) is 8.42 Å². The predicted molar refractivity (Wildman–Crippen MR) is 97.9 cm³/mol. The molecule has 0 spiro atoms. The fourth-order valence-electron chi connectivity index (χ4n) is 3.77. The van der Waals surface area contributed by atoms with Crippen molar-refractivity contribution in [2.45, 2.75) is 37.5 Å². The predicted octanol–water partition coefficient (Wildman–Crippen LogP) is 3.00. The van der Waals surface area contributed by atoms with Gasteiger partial charge >= 0.3 is 0 Å². The van der Waals surface area contributed by atoms with Crippen LogP contribution in [0.25, 0.3) is 0 Å². The summed E-state index contributed by atoms with van der Waals surface area (Å²) in [7, 11) is -3.58. The highest BCUT2D eigenvalue weighted by Crippen LogP contribution is 2.27. The lowest BCUT2D eigenvalue weighted by atomic mass is 9.94. The van der Waals surface area contributed by atoms with E-state index in [1.54, 1.807) is 12.1 Å². The topological polar surface area (TPSA) is 57.7 Å². The highest BCUT2D eigenvalue weighted by molar-refractivity contribution is 7.89. The Morgan fingerprint density at radius 1 is 1.08 bits per heavy atom. The van der Waals surface area contributed by atoms with Gasteiger partial charge < -0.3 is 4.90 Å². The van der Waals surface area contributed by atoms with Gasteiger partial charge in [0.25, 0.3) is 0 Å². The molecule has 0 aliphatic carbocycles. The van der Waals surface area contributed by atoms with Crippen LogP contribution in [0.2, 0.25) is 5.02 Å². The van der Waals surface area contributed by atoms with Crippen LogP contribution in [0.4, 0.5) is 0 Å². The number of amides is 1. The number of halogens is 1. The van der Waals surface area contributed by atoms with Gasteiger partial charge in [0.15, 0.2) is 0 Å². The van der Waals surface area contributed by atoms with Gasteiger partial charge in [-0.1, -0.05) is 18.5 Å². The van der Waals surface area contributed by atoms with E-state index in [9.17, 15) is 13.2 Å². The Morgan fingerprint density at radius 3 is 2.44 bits per heavy atom. The molecule has 2 unspecified atom stereocenters. The molecule has 7 heteroatoms. The molecule has 1 aromatic rings. The molecule has 1 amide bonds. The first-order valence-corrected chi connectivity index (χ1v) is 10.7. The average Bonchev–Trinajstić information content (AvgIpc) is 2.61. The fourth-order valence-corrected chi connectivity index (χ4v) is 5.42. The highest BCUT2D eigenvalue weighted by atomic mass is 35.5. The molecule has 2 aliphatic rings. The monoisotopic (exact) mass is 384 g/mol. The summed E-state index contributed by atoms with van der Waals surface area (Å²) in [4.78, 5) is 15.0. The molecule has 2 saturated heterocycles. The molecule has 25 heavy (non-hydrogen) atoms. The molecule has 3 rings (SSSR count). The van der Waals surface area contributed by atoms with Crippen molar-refractivity contribution in [3.63, 3.8) is 0 Å². The van der Waals surface area contributed by atoms with E-state index in [0.717, 1.165) is 32.4 Å². The van der Waals surface area contributed by atoms with Crippen molar-refractivity contribution in [1.29, 1.82) is 0 Å². The number of carbonyl (C=O) groups is 1. The molecular weight excluding hydrogens is 360 g/mol. The normalized spacial score (nSPS) is 25.8. The van der Waals surface area contributed by atoms with Crippen LogP contribution in [0, 0.1) is 11.8 Å². The third-order valence-corrected chi connectivity index (χ3v) is 7.28. The second-order valence-electron chi connectivity index (χ2n) is 7.19. The number of hydrogen-bond donors (Lipinski definition) is 0. The molecule has 0 aromatic heterocycles. The zero-order valence-electron chi connectivity index (χ0n) is 14.5. The van der Waals surface area contributed by atoms with Crippen LogP contribution in [-0.4, -0.2) is 49.7 Å². The summed E-state index contributed by atoms with van der Waals surface area (Å²) >= 11 is 5.85. The first kappa shape index (κ1) is 18.7. The minimum Gasteiger partial charge on any atom is -0.342 e. The van der Waals surface area contributed by atoms with Crippen LogP contribution in [0.15, 0.2) is 29.2 Å². The standard InChI is InChI=1S/C18H25ClN2O3S/c1-14-4-2-10-20(12-14)18(22)15-5-3-11-21(13-15)25(23,24)17-8-6-16(19)7-9-17/h6-9,14-15H,2-5,10-13H2,1H3. The smallest absolute Gasteiger partial charge is 0.243 e. The van der Waals surface area contributed by atoms with Crippen LogP contribution in [-0.2, 0) is 14.8 Å². The molecule has 138 valence electrons. The van der Waals surface area contributed by atoms with Crippen LogP contribution < -0.4 is 0 Å². The number of piperidine rings is 2. The maximum Gasteiger partial charge on any atom is 0.243 e. The molecule has 0 N–H and O–H groups in total. The lowest BCUT2D eigenvalue weighted by molar-refractivity contribution is -0.138. The third-order valence-electron chi connectivity index (χ3n) is 5.15. The van der Waals surface area contributed by atoms with Gasteiger partial charge in [-0.3, -0.25) is 4.79 Å². The Morgan fingerprint density at radius 2 is 1.76 bits per heavy atom. The van der Waals surface area contributed by atoms with E-state index in [4.69, 9.17) is 11.6 Å². The maximum atomic E-state index is 12.9. The van der Waals surface area contributed by atoms with Crippen molar-refractivity contribution in [2.75, 3.05) is 26.2 Å². The van der Waals surface area contributed by atoms with E-state index >= 15 is 0 Å². The zero-order chi connectivity index (χ0) is 18.0. The van der Waals surface area contributed by atoms with Gasteiger partial charge in [0, 0.05) is 31.2 Å². The van der Waals surface area contributed by atoms with Crippen LogP contribution >= 0.6 is 11.6 Å². The summed E-state index contributed by atoms with van der Waals surface area (Å²) < 4.78 is 27.2. The van der Waals surface area contributed by atoms with Gasteiger partial charge in [-0.05, 0) is 55.9 Å². The fraction of sp³-hybridized carbons (Fsp3) is 0.611. The van der Waals surface area contributed by atoms with Crippen LogP contribution in [0.3, 0.4) is 0 Å². The SMILES string of the molecule is CC1CCCN(C(=O)C2CCCN(S(=O)(=O)c3ccc(Cl)cc3)C2)C1. The summed E-state index contributed by atoms with van der Waals surface area (Å²) in [5, 5.41) is 0.505. The van der Waals surface area contributed by atoms with Crippen molar-refractivity contribution in [1.82, 2.24) is 9.21 Å². The molecule has 2 atom stereocenters. The van der Waals surface area contributed by atoms with Crippen molar-refractivity contribution in [3.8, 4) is 0 Å². The van der Waals surface area contributed by atoms with Gasteiger partial charge in [0.2, 0.25) is 15.9 Å². The van der Waals surface area contributed by atoms with E-state index in [-0.39, 0.29) is 23.3 Å². The van der Waals surface area contributed by atoms with E-state index in [1.807, 2.05) is 4.90 Å². The molecule has 2 aliphatic heterocycles. The Balaban J connectivity index is 1.72. The summed E-state index contributed by atoms with van der Waals surface area (Å²) in [5.74, 6) is 0.402. The van der Waals surface area contributed by atoms with Crippen LogP contribution in [0.1, 0.15) is 32.6 Å². The summed E-state index contributed by atoms with van der Waals surface area (Å²) in [6.45, 7) is 4.49. The number of sulfonamides is 1. The second kappa shape index (κ2) is 7.64. The molecule has 5 nitrogen and oxygen atoms in total. The second-order valence-corrected chi connectivity index (χ2v) is 9.56. The minimum absolute atomic E-state index is 0.113. The summed E-state index contributed by atoms with van der Waals surface area (Å²) in [5.41, 5.74) is 0. The Kier molecular flexibility index (Phi) is 5.71. The number of nitrogens with zero attached hydrogens (tertiary/aromatic N) is 2. The largest absolute Gasteiger partial charge is 0.342 e. The molecular formula is C18H25ClN2O3S. The van der Waals surface area contributed by atoms with E-state index in [1.165, 1.54) is 16.4 Å². The van der Waals surface area contributed by atoms with Gasteiger partial charge in [0.05, 0.1) is 10.8 Å². The number of hydrogen-bond acceptors (Lipinski definition) is 3. The minimum atomic E-state index is -3.58. The quantitative estimate of drug-likeness (QED) is 0.804. The molecule has 0 saturated carbocycles. The van der Waals surface area contributed by atoms with Crippen molar-refractivity contribution >= 4 is 27.5 Å². The van der Waals surface area contributed by atoms with Gasteiger partial charge in [-0.15, -0.1) is 0 Å². The maximum absolute atomic E-state index is 12.9. The van der Waals surface area contributed by atoms with Gasteiger partial charge in [0.1, 0.15) is 0 Å². The Labute approximate surface area is 155 Å². The average molecular weight is 385 g/mol. The molecule has 2 heterocycles. The van der Waals surface area contributed by atoms with Crippen molar-refractivity contribution < 1.29 is 13.2 Å². The van der Waals surface area contributed by atoms with E-state index < -0.39 is 10.0 Å². The first-order valence-electron chi connectivity index (χ1n) is 8.92. The number of carbonyl (C=O) groups excluding carboxylic acids is 1. The van der Waals surface area contributed by atoms with Gasteiger partial charge in [-0.2, -0.15) is 4.31 Å². The summed E-state index contributed by atoms with van der Waals surface area (Å²) in [6.07, 6.45) is 3.67. The molecule has 0 radical (unpaired) electrons. The Hall–Kier alpha value is -1.11. The first-order chi connectivity index (χ1) is 11.9. The summed E-state index contributed by atoms with van der Waals surface area (Å²) in [6, 6.07) is 6.21. The lowest BCUT2D eigenvalue weighted by Crippen LogP contribution is -2.48. The Bertz CT molecular complexity index is 720. The van der Waals surface area contributed by atoms with Crippen molar-refractivity contribution in [2.24, 2.45) is 11.8 Å². The molecule has 1 aromatic carbocycles. The number of rotatable bonds is 3. The van der Waals surface area contributed by atoms with E-state index in [0.29, 0.717) is 23.9 Å². The number of likely N-dealkylation sites (tertiary alicyclic amines) is 1. The number of benzene rings is 1. The third kappa shape index (κ3) is 4.18. The van der Waals surface area contributed by atoms with E-state index in [2.05, 4.69) is 6.92 Å². The molecule has 2 fully saturated rings. The van der Waals surface area contributed by atoms with Crippen LogP contribution in [0.5, 0.6) is 0 Å².